The minimum Gasteiger partial charge on any atom is -0.477 e. The number of hydrogen-bond acceptors (Lipinski definition) is 8. The summed E-state index contributed by atoms with van der Waals surface area (Å²) in [5.41, 5.74) is 0.545. The summed E-state index contributed by atoms with van der Waals surface area (Å²) >= 11 is 11.3. The van der Waals surface area contributed by atoms with E-state index < -0.39 is 23.3 Å². The third kappa shape index (κ3) is 4.38. The van der Waals surface area contributed by atoms with E-state index in [1.165, 1.54) is 57.2 Å². The number of thiophene rings is 1. The molecule has 7 nitrogen and oxygen atoms in total. The van der Waals surface area contributed by atoms with Crippen LogP contribution < -0.4 is 10.7 Å². The van der Waals surface area contributed by atoms with E-state index in [1.54, 1.807) is 6.07 Å². The van der Waals surface area contributed by atoms with E-state index in [0.717, 1.165) is 9.58 Å². The Morgan fingerprint density at radius 2 is 1.94 bits per heavy atom. The Morgan fingerprint density at radius 1 is 1.18 bits per heavy atom. The molecule has 12 heteroatoms. The standard InChI is InChI=1S/C22H15ClN2O5S4/c23-14-7-11-12(26)8-16(34-22(11)33-14)32-13-9-31-20-17(19(28)25(20)18(13)21(29)30)24-15(27)6-10-4-2-1-3-5-10/h1-5,7-8,17,20H,6,9H2,(H,24,27)(H,29,30)/t17?,20-/m1/s1. The zero-order chi connectivity index (χ0) is 24.0. The molecular formula is C22H15ClN2O5S4. The van der Waals surface area contributed by atoms with Crippen molar-refractivity contribution in [3.8, 4) is 0 Å². The number of carboxylic acid groups (broad SMARTS) is 1. The Morgan fingerprint density at radius 3 is 2.68 bits per heavy atom. The summed E-state index contributed by atoms with van der Waals surface area (Å²) in [7, 11) is 0. The second-order valence-corrected chi connectivity index (χ2v) is 13.0. The topological polar surface area (TPSA) is 104 Å². The molecular weight excluding hydrogens is 536 g/mol. The van der Waals surface area contributed by atoms with Crippen molar-refractivity contribution in [2.75, 3.05) is 5.75 Å². The molecule has 0 bridgehead atoms. The van der Waals surface area contributed by atoms with Crippen LogP contribution in [-0.4, -0.2) is 45.0 Å². The number of nitrogens with one attached hydrogen (secondary N) is 1. The van der Waals surface area contributed by atoms with Crippen molar-refractivity contribution in [2.45, 2.75) is 22.0 Å². The first-order valence-electron chi connectivity index (χ1n) is 9.97. The quantitative estimate of drug-likeness (QED) is 0.447. The minimum atomic E-state index is -1.22. The maximum absolute atomic E-state index is 12.9. The third-order valence-corrected chi connectivity index (χ3v) is 10.4. The molecule has 1 aromatic carbocycles. The van der Waals surface area contributed by atoms with Gasteiger partial charge >= 0.3 is 5.97 Å². The van der Waals surface area contributed by atoms with E-state index in [-0.39, 0.29) is 23.5 Å². The smallest absolute Gasteiger partial charge is 0.353 e. The van der Waals surface area contributed by atoms with Crippen molar-refractivity contribution in [3.63, 3.8) is 0 Å². The fourth-order valence-electron chi connectivity index (χ4n) is 3.75. The van der Waals surface area contributed by atoms with Crippen LogP contribution >= 0.6 is 57.8 Å². The second-order valence-electron chi connectivity index (χ2n) is 7.48. The summed E-state index contributed by atoms with van der Waals surface area (Å²) in [5, 5.41) is 12.7. The number of nitrogens with zero attached hydrogens (tertiary/aromatic N) is 1. The summed E-state index contributed by atoms with van der Waals surface area (Å²) in [5.74, 6) is -1.63. The van der Waals surface area contributed by atoms with Gasteiger partial charge in [0, 0.05) is 16.7 Å². The van der Waals surface area contributed by atoms with E-state index in [9.17, 15) is 24.3 Å². The summed E-state index contributed by atoms with van der Waals surface area (Å²) in [6.45, 7) is 0. The second kappa shape index (κ2) is 9.38. The molecule has 0 aliphatic carbocycles. The number of thioether (sulfide) groups is 2. The number of hydrogen-bond donors (Lipinski definition) is 2. The van der Waals surface area contributed by atoms with Gasteiger partial charge in [-0.2, -0.15) is 0 Å². The van der Waals surface area contributed by atoms with Gasteiger partial charge < -0.3 is 10.4 Å². The Bertz CT molecular complexity index is 1420. The van der Waals surface area contributed by atoms with Gasteiger partial charge in [-0.15, -0.1) is 34.4 Å². The number of amides is 2. The van der Waals surface area contributed by atoms with Crippen LogP contribution in [0, 0.1) is 0 Å². The van der Waals surface area contributed by atoms with Gasteiger partial charge in [-0.05, 0) is 11.6 Å². The highest BCUT2D eigenvalue weighted by atomic mass is 35.5. The van der Waals surface area contributed by atoms with E-state index in [0.29, 0.717) is 24.6 Å². The fourth-order valence-corrected chi connectivity index (χ4v) is 9.37. The van der Waals surface area contributed by atoms with Gasteiger partial charge in [0.15, 0.2) is 5.43 Å². The molecule has 2 atom stereocenters. The zero-order valence-corrected chi connectivity index (χ0v) is 21.2. The van der Waals surface area contributed by atoms with E-state index in [2.05, 4.69) is 5.32 Å². The normalized spacial score (nSPS) is 19.7. The SMILES string of the molecule is O=C(Cc1ccccc1)NC1C(=O)N2C(C(=O)O)=C(Sc3cc(=O)c4cc(Cl)sc4s3)CS[C@H]12. The molecule has 5 rings (SSSR count). The van der Waals surface area contributed by atoms with Crippen LogP contribution in [0.5, 0.6) is 0 Å². The number of fused-ring (bicyclic) bond motifs is 2. The summed E-state index contributed by atoms with van der Waals surface area (Å²) in [4.78, 5) is 51.5. The van der Waals surface area contributed by atoms with Gasteiger partial charge in [0.05, 0.1) is 24.4 Å². The lowest BCUT2D eigenvalue weighted by Gasteiger charge is -2.49. The van der Waals surface area contributed by atoms with Crippen LogP contribution in [0.1, 0.15) is 5.56 Å². The van der Waals surface area contributed by atoms with Gasteiger partial charge in [0.25, 0.3) is 5.91 Å². The molecule has 2 aliphatic heterocycles. The van der Waals surface area contributed by atoms with Crippen molar-refractivity contribution in [1.29, 1.82) is 0 Å². The van der Waals surface area contributed by atoms with Crippen LogP contribution in [0.2, 0.25) is 4.34 Å². The molecule has 1 unspecified atom stereocenters. The van der Waals surface area contributed by atoms with Crippen molar-refractivity contribution in [3.05, 3.63) is 73.2 Å². The monoisotopic (exact) mass is 550 g/mol. The summed E-state index contributed by atoms with van der Waals surface area (Å²) in [6, 6.07) is 11.5. The first kappa shape index (κ1) is 23.4. The lowest BCUT2D eigenvalue weighted by atomic mass is 10.0. The molecule has 2 amide bonds. The first-order valence-corrected chi connectivity index (χ1v) is 13.8. The minimum absolute atomic E-state index is 0.101. The fraction of sp³-hybridized carbons (Fsp3) is 0.182. The average Bonchev–Trinajstić information content (AvgIpc) is 3.18. The molecule has 2 N–H and O–H groups in total. The van der Waals surface area contributed by atoms with Crippen molar-refractivity contribution >= 4 is 85.0 Å². The van der Waals surface area contributed by atoms with Gasteiger partial charge in [-0.3, -0.25) is 19.3 Å². The molecule has 3 aromatic rings. The molecule has 0 saturated carbocycles. The third-order valence-electron chi connectivity index (χ3n) is 5.26. The number of benzene rings is 1. The number of β-lactam (4-membered cyclic amide) rings is 1. The van der Waals surface area contributed by atoms with Crippen LogP contribution in [-0.2, 0) is 20.8 Å². The maximum Gasteiger partial charge on any atom is 0.353 e. The molecule has 4 heterocycles. The van der Waals surface area contributed by atoms with Crippen LogP contribution in [0.4, 0.5) is 0 Å². The van der Waals surface area contributed by atoms with E-state index in [4.69, 9.17) is 11.6 Å². The van der Waals surface area contributed by atoms with E-state index in [1.807, 2.05) is 30.3 Å². The Balaban J connectivity index is 1.35. The van der Waals surface area contributed by atoms with Gasteiger partial charge in [-0.1, -0.05) is 53.7 Å². The number of carboxylic acids is 1. The number of aliphatic carboxylic acids is 1. The molecule has 2 aromatic heterocycles. The molecule has 0 radical (unpaired) electrons. The van der Waals surface area contributed by atoms with Gasteiger partial charge in [0.2, 0.25) is 5.91 Å². The van der Waals surface area contributed by atoms with Crippen molar-refractivity contribution in [2.24, 2.45) is 0 Å². The Kier molecular flexibility index (Phi) is 6.47. The van der Waals surface area contributed by atoms with Crippen LogP contribution in [0.3, 0.4) is 0 Å². The number of carbonyl (C=O) groups excluding carboxylic acids is 2. The van der Waals surface area contributed by atoms with Gasteiger partial charge in [0.1, 0.15) is 17.1 Å². The van der Waals surface area contributed by atoms with Crippen LogP contribution in [0.15, 0.2) is 62.1 Å². The van der Waals surface area contributed by atoms with Crippen molar-refractivity contribution < 1.29 is 19.5 Å². The number of rotatable bonds is 6. The van der Waals surface area contributed by atoms with Gasteiger partial charge in [-0.25, -0.2) is 4.79 Å². The number of halogens is 1. The summed E-state index contributed by atoms with van der Waals surface area (Å²) < 4.78 is 1.91. The maximum atomic E-state index is 12.9. The average molecular weight is 551 g/mol. The Hall–Kier alpha value is -2.31. The lowest BCUT2D eigenvalue weighted by Crippen LogP contribution is -2.70. The number of carbonyl (C=O) groups is 3. The lowest BCUT2D eigenvalue weighted by molar-refractivity contribution is -0.150. The largest absolute Gasteiger partial charge is 0.477 e. The molecule has 2 aliphatic rings. The highest BCUT2D eigenvalue weighted by Gasteiger charge is 2.54. The zero-order valence-electron chi connectivity index (χ0n) is 17.1. The highest BCUT2D eigenvalue weighted by Crippen LogP contribution is 2.46. The highest BCUT2D eigenvalue weighted by molar-refractivity contribution is 8.07. The van der Waals surface area contributed by atoms with Crippen LogP contribution in [0.25, 0.3) is 9.40 Å². The molecule has 34 heavy (non-hydrogen) atoms. The molecule has 1 fully saturated rings. The predicted octanol–water partition coefficient (Wildman–Crippen LogP) is 4.01. The van der Waals surface area contributed by atoms with E-state index >= 15 is 0 Å². The predicted molar refractivity (Wildman–Crippen MR) is 137 cm³/mol. The summed E-state index contributed by atoms with van der Waals surface area (Å²) in [6.07, 6.45) is 0.138. The Labute approximate surface area is 214 Å². The molecule has 1 saturated heterocycles. The molecule has 174 valence electrons. The first-order chi connectivity index (χ1) is 16.3. The van der Waals surface area contributed by atoms with Crippen molar-refractivity contribution in [1.82, 2.24) is 10.2 Å². The molecule has 0 spiro atoms.